The first-order chi connectivity index (χ1) is 9.07. The standard InChI is InChI=1S/C16H23N3/c1-13(2)18-16(11-17,14-9-10-14)12-19(3)15-7-5-4-6-8-15/h4-8,13-14,18H,9-10,12H2,1-3H3. The molecule has 2 rings (SSSR count). The Balaban J connectivity index is 2.14. The molecule has 0 aromatic heterocycles. The quantitative estimate of drug-likeness (QED) is 0.851. The number of benzene rings is 1. The highest BCUT2D eigenvalue weighted by atomic mass is 15.2. The molecule has 0 spiro atoms. The van der Waals surface area contributed by atoms with E-state index in [9.17, 15) is 5.26 Å². The van der Waals surface area contributed by atoms with Gasteiger partial charge in [-0.15, -0.1) is 0 Å². The zero-order chi connectivity index (χ0) is 13.9. The largest absolute Gasteiger partial charge is 0.372 e. The highest BCUT2D eigenvalue weighted by molar-refractivity contribution is 5.46. The summed E-state index contributed by atoms with van der Waals surface area (Å²) in [5.74, 6) is 0.492. The zero-order valence-corrected chi connectivity index (χ0v) is 12.1. The molecule has 102 valence electrons. The summed E-state index contributed by atoms with van der Waals surface area (Å²) in [6.07, 6.45) is 2.33. The summed E-state index contributed by atoms with van der Waals surface area (Å²) < 4.78 is 0. The second kappa shape index (κ2) is 5.63. The smallest absolute Gasteiger partial charge is 0.127 e. The molecule has 1 unspecified atom stereocenters. The van der Waals surface area contributed by atoms with Crippen molar-refractivity contribution in [3.05, 3.63) is 30.3 Å². The van der Waals surface area contributed by atoms with Crippen molar-refractivity contribution in [1.82, 2.24) is 5.32 Å². The van der Waals surface area contributed by atoms with Gasteiger partial charge in [-0.1, -0.05) is 18.2 Å². The molecule has 0 heterocycles. The summed E-state index contributed by atoms with van der Waals surface area (Å²) in [6.45, 7) is 4.95. The SMILES string of the molecule is CC(C)NC(C#N)(CN(C)c1ccccc1)C1CC1. The molecule has 19 heavy (non-hydrogen) atoms. The second-order valence-electron chi connectivity index (χ2n) is 5.85. The average molecular weight is 257 g/mol. The molecule has 3 nitrogen and oxygen atoms in total. The number of hydrogen-bond donors (Lipinski definition) is 1. The molecule has 1 saturated carbocycles. The van der Waals surface area contributed by atoms with Gasteiger partial charge in [0.2, 0.25) is 0 Å². The van der Waals surface area contributed by atoms with Gasteiger partial charge in [0.05, 0.1) is 6.07 Å². The third kappa shape index (κ3) is 3.27. The van der Waals surface area contributed by atoms with Crippen LogP contribution in [0.15, 0.2) is 30.3 Å². The molecule has 1 aliphatic carbocycles. The second-order valence-corrected chi connectivity index (χ2v) is 5.85. The van der Waals surface area contributed by atoms with E-state index in [4.69, 9.17) is 0 Å². The lowest BCUT2D eigenvalue weighted by Crippen LogP contribution is -2.56. The average Bonchev–Trinajstić information content (AvgIpc) is 3.23. The number of nitriles is 1. The van der Waals surface area contributed by atoms with Gasteiger partial charge in [0.25, 0.3) is 0 Å². The minimum Gasteiger partial charge on any atom is -0.372 e. The number of likely N-dealkylation sites (N-methyl/N-ethyl adjacent to an activating group) is 1. The summed E-state index contributed by atoms with van der Waals surface area (Å²) in [5.41, 5.74) is 0.743. The van der Waals surface area contributed by atoms with Gasteiger partial charge in [-0.05, 0) is 44.7 Å². The molecule has 1 fully saturated rings. The van der Waals surface area contributed by atoms with E-state index in [-0.39, 0.29) is 0 Å². The summed E-state index contributed by atoms with van der Waals surface area (Å²) >= 11 is 0. The van der Waals surface area contributed by atoms with Crippen molar-refractivity contribution in [2.45, 2.75) is 38.3 Å². The van der Waals surface area contributed by atoms with Crippen molar-refractivity contribution in [3.8, 4) is 6.07 Å². The molecule has 0 radical (unpaired) electrons. The maximum Gasteiger partial charge on any atom is 0.127 e. The molecule has 1 aromatic rings. The fourth-order valence-electron chi connectivity index (χ4n) is 2.69. The first-order valence-electron chi connectivity index (χ1n) is 7.02. The predicted molar refractivity (Wildman–Crippen MR) is 79.1 cm³/mol. The van der Waals surface area contributed by atoms with Crippen LogP contribution < -0.4 is 10.2 Å². The van der Waals surface area contributed by atoms with Gasteiger partial charge in [0.15, 0.2) is 0 Å². The van der Waals surface area contributed by atoms with Crippen LogP contribution >= 0.6 is 0 Å². The Bertz CT molecular complexity index is 445. The molecule has 3 heteroatoms. The monoisotopic (exact) mass is 257 g/mol. The summed E-state index contributed by atoms with van der Waals surface area (Å²) in [6, 6.07) is 13.1. The van der Waals surface area contributed by atoms with Crippen LogP contribution in [-0.4, -0.2) is 25.2 Å². The molecule has 0 bridgehead atoms. The maximum absolute atomic E-state index is 9.69. The number of para-hydroxylation sites is 1. The van der Waals surface area contributed by atoms with Crippen LogP contribution in [0, 0.1) is 17.2 Å². The number of rotatable bonds is 6. The minimum absolute atomic E-state index is 0.324. The first kappa shape index (κ1) is 13.9. The summed E-state index contributed by atoms with van der Waals surface area (Å²) in [5, 5.41) is 13.2. The van der Waals surface area contributed by atoms with Crippen molar-refractivity contribution < 1.29 is 0 Å². The Hall–Kier alpha value is -1.53. The molecule has 0 amide bonds. The van der Waals surface area contributed by atoms with E-state index in [0.717, 1.165) is 25.1 Å². The van der Waals surface area contributed by atoms with Gasteiger partial charge in [-0.3, -0.25) is 5.32 Å². The van der Waals surface area contributed by atoms with Crippen molar-refractivity contribution in [3.63, 3.8) is 0 Å². The normalized spacial score (nSPS) is 17.8. The number of nitrogens with one attached hydrogen (secondary N) is 1. The highest BCUT2D eigenvalue weighted by Crippen LogP contribution is 2.40. The predicted octanol–water partition coefficient (Wildman–Crippen LogP) is 2.79. The van der Waals surface area contributed by atoms with Crippen LogP contribution in [0.4, 0.5) is 5.69 Å². The Morgan fingerprint density at radius 3 is 2.47 bits per heavy atom. The van der Waals surface area contributed by atoms with E-state index in [2.05, 4.69) is 49.3 Å². The number of hydrogen-bond acceptors (Lipinski definition) is 3. The molecule has 1 atom stereocenters. The maximum atomic E-state index is 9.69. The van der Waals surface area contributed by atoms with Crippen molar-refractivity contribution >= 4 is 5.69 Å². The van der Waals surface area contributed by atoms with Crippen LogP contribution in [0.5, 0.6) is 0 Å². The van der Waals surface area contributed by atoms with E-state index in [1.165, 1.54) is 0 Å². The van der Waals surface area contributed by atoms with Gasteiger partial charge >= 0.3 is 0 Å². The zero-order valence-electron chi connectivity index (χ0n) is 12.1. The summed E-state index contributed by atoms with van der Waals surface area (Å²) in [4.78, 5) is 2.18. The molecular formula is C16H23N3. The minimum atomic E-state index is -0.418. The van der Waals surface area contributed by atoms with Gasteiger partial charge < -0.3 is 4.90 Å². The summed E-state index contributed by atoms with van der Waals surface area (Å²) in [7, 11) is 2.06. The fraction of sp³-hybridized carbons (Fsp3) is 0.562. The Morgan fingerprint density at radius 2 is 2.00 bits per heavy atom. The van der Waals surface area contributed by atoms with Crippen LogP contribution in [0.1, 0.15) is 26.7 Å². The third-order valence-corrected chi connectivity index (χ3v) is 3.70. The molecule has 0 aliphatic heterocycles. The Kier molecular flexibility index (Phi) is 4.11. The Labute approximate surface area is 116 Å². The molecule has 0 saturated heterocycles. The highest BCUT2D eigenvalue weighted by Gasteiger charge is 2.46. The van der Waals surface area contributed by atoms with Crippen LogP contribution in [0.25, 0.3) is 0 Å². The van der Waals surface area contributed by atoms with Gasteiger partial charge in [-0.2, -0.15) is 5.26 Å². The number of anilines is 1. The van der Waals surface area contributed by atoms with Gasteiger partial charge in [0.1, 0.15) is 5.54 Å². The van der Waals surface area contributed by atoms with E-state index in [1.807, 2.05) is 18.2 Å². The van der Waals surface area contributed by atoms with Crippen molar-refractivity contribution in [1.29, 1.82) is 5.26 Å². The Morgan fingerprint density at radius 1 is 1.37 bits per heavy atom. The molecule has 1 aromatic carbocycles. The van der Waals surface area contributed by atoms with Gasteiger partial charge in [-0.25, -0.2) is 0 Å². The third-order valence-electron chi connectivity index (χ3n) is 3.70. The van der Waals surface area contributed by atoms with Crippen molar-refractivity contribution in [2.24, 2.45) is 5.92 Å². The first-order valence-corrected chi connectivity index (χ1v) is 7.02. The lowest BCUT2D eigenvalue weighted by molar-refractivity contribution is 0.339. The van der Waals surface area contributed by atoms with E-state index in [0.29, 0.717) is 12.0 Å². The fourth-order valence-corrected chi connectivity index (χ4v) is 2.69. The van der Waals surface area contributed by atoms with Crippen molar-refractivity contribution in [2.75, 3.05) is 18.5 Å². The topological polar surface area (TPSA) is 39.1 Å². The van der Waals surface area contributed by atoms with E-state index < -0.39 is 5.54 Å². The lowest BCUT2D eigenvalue weighted by atomic mass is 9.93. The van der Waals surface area contributed by atoms with Crippen LogP contribution in [0.3, 0.4) is 0 Å². The van der Waals surface area contributed by atoms with Gasteiger partial charge in [0, 0.05) is 25.3 Å². The van der Waals surface area contributed by atoms with Crippen LogP contribution in [-0.2, 0) is 0 Å². The van der Waals surface area contributed by atoms with Crippen LogP contribution in [0.2, 0.25) is 0 Å². The lowest BCUT2D eigenvalue weighted by Gasteiger charge is -2.35. The van der Waals surface area contributed by atoms with E-state index in [1.54, 1.807) is 0 Å². The van der Waals surface area contributed by atoms with E-state index >= 15 is 0 Å². The number of nitrogens with zero attached hydrogens (tertiary/aromatic N) is 2. The molecule has 1 N–H and O–H groups in total. The molecule has 1 aliphatic rings. The molecular weight excluding hydrogens is 234 g/mol.